The molecule has 0 amide bonds. The summed E-state index contributed by atoms with van der Waals surface area (Å²) in [6.45, 7) is 1.01. The van der Waals surface area contributed by atoms with E-state index in [1.165, 1.54) is 6.55 Å². The monoisotopic (exact) mass is 194 g/mol. The minimum atomic E-state index is -4.35. The second-order valence-electron chi connectivity index (χ2n) is 3.61. The molecule has 0 aliphatic carbocycles. The summed E-state index contributed by atoms with van der Waals surface area (Å²) in [6.07, 6.45) is 0.0474. The van der Waals surface area contributed by atoms with Crippen LogP contribution in [0, 0.1) is 0 Å². The maximum absolute atomic E-state index is 13.9. The van der Waals surface area contributed by atoms with Crippen molar-refractivity contribution in [2.24, 2.45) is 0 Å². The summed E-state index contributed by atoms with van der Waals surface area (Å²) < 4.78 is 23.4. The number of hydrogen-bond donors (Lipinski definition) is 0. The van der Waals surface area contributed by atoms with E-state index < -0.39 is 14.1 Å². The molecule has 1 fully saturated rings. The van der Waals surface area contributed by atoms with Gasteiger partial charge in [0.2, 0.25) is 0 Å². The maximum atomic E-state index is 13.9. The number of carbonyl (C=O) groups is 1. The van der Waals surface area contributed by atoms with E-state index in [1.807, 2.05) is 0 Å². The zero-order chi connectivity index (χ0) is 9.43. The van der Waals surface area contributed by atoms with Crippen molar-refractivity contribution in [3.63, 3.8) is 0 Å². The van der Waals surface area contributed by atoms with E-state index in [0.717, 1.165) is 0 Å². The fourth-order valence-electron chi connectivity index (χ4n) is 1.35. The van der Waals surface area contributed by atoms with Crippen LogP contribution in [-0.2, 0) is 13.6 Å². The Balaban J connectivity index is 2.73. The van der Waals surface area contributed by atoms with E-state index in [0.29, 0.717) is 0 Å². The first-order valence-corrected chi connectivity index (χ1v) is 6.61. The van der Waals surface area contributed by atoms with E-state index in [-0.39, 0.29) is 12.8 Å². The third-order valence-corrected chi connectivity index (χ3v) is 4.51. The second kappa shape index (κ2) is 2.51. The van der Waals surface area contributed by atoms with Gasteiger partial charge in [0.15, 0.2) is 0 Å². The molecule has 0 aromatic rings. The summed E-state index contributed by atoms with van der Waals surface area (Å²) in [5, 5.41) is 0. The molecule has 4 nitrogen and oxygen atoms in total. The van der Waals surface area contributed by atoms with Gasteiger partial charge in [-0.3, -0.25) is 0 Å². The minimum absolute atomic E-state index is 0.0474. The molecule has 1 rings (SSSR count). The predicted octanol–water partition coefficient (Wildman–Crippen LogP) is 0.153. The fraction of sp³-hybridized carbons (Fsp3) is 0.833. The molecule has 12 heavy (non-hydrogen) atoms. The first-order chi connectivity index (χ1) is 5.30. The van der Waals surface area contributed by atoms with Gasteiger partial charge >= 0.3 is 70.2 Å². The third kappa shape index (κ3) is 2.02. The van der Waals surface area contributed by atoms with Gasteiger partial charge in [-0.1, -0.05) is 0 Å². The third-order valence-electron chi connectivity index (χ3n) is 1.58. The molecule has 1 aliphatic rings. The molecule has 0 aromatic heterocycles. The van der Waals surface area contributed by atoms with Crippen LogP contribution in [0.25, 0.3) is 0 Å². The van der Waals surface area contributed by atoms with Gasteiger partial charge < -0.3 is 0 Å². The van der Waals surface area contributed by atoms with Gasteiger partial charge in [-0.2, -0.15) is 0 Å². The molecular weight excluding hydrogens is 181 g/mol. The Hall–Kier alpha value is -0.463. The van der Waals surface area contributed by atoms with Crippen LogP contribution in [0.15, 0.2) is 0 Å². The van der Waals surface area contributed by atoms with Crippen LogP contribution in [0.4, 0.5) is 4.11 Å². The summed E-state index contributed by atoms with van der Waals surface area (Å²) >= 11 is 0. The van der Waals surface area contributed by atoms with Gasteiger partial charge in [0.05, 0.1) is 0 Å². The van der Waals surface area contributed by atoms with Crippen molar-refractivity contribution in [1.29, 1.82) is 0 Å². The van der Waals surface area contributed by atoms with Gasteiger partial charge in [0, 0.05) is 0 Å². The predicted molar refractivity (Wildman–Crippen MR) is 43.3 cm³/mol. The number of hydrogen-bond acceptors (Lipinski definition) is 4. The van der Waals surface area contributed by atoms with Crippen LogP contribution >= 0.6 is 0 Å². The Bertz CT molecular complexity index is 219. The van der Waals surface area contributed by atoms with E-state index in [2.05, 4.69) is 4.43 Å². The molecule has 1 aliphatic heterocycles. The van der Waals surface area contributed by atoms with Crippen molar-refractivity contribution < 1.29 is 17.8 Å². The summed E-state index contributed by atoms with van der Waals surface area (Å²) in [4.78, 5) is 12.3. The molecule has 0 atom stereocenters. The van der Waals surface area contributed by atoms with Crippen LogP contribution in [0.1, 0.15) is 0 Å². The normalized spacial score (nSPS) is 29.4. The zero-order valence-electron chi connectivity index (χ0n) is 7.46. The molecular formula is C6H13FNO3Si-. The Morgan fingerprint density at radius 1 is 1.67 bits per heavy atom. The summed E-state index contributed by atoms with van der Waals surface area (Å²) in [7, 11) is -0.933. The SMILES string of the molecule is CN(C)C[Si-]1(C)(F)OCC(=O)O1. The van der Waals surface area contributed by atoms with Crippen LogP contribution in [0.2, 0.25) is 6.55 Å². The quantitative estimate of drug-likeness (QED) is 0.463. The van der Waals surface area contributed by atoms with Gasteiger partial charge in [0.25, 0.3) is 0 Å². The van der Waals surface area contributed by atoms with Gasteiger partial charge in [-0.25, -0.2) is 0 Å². The molecule has 72 valence electrons. The van der Waals surface area contributed by atoms with Crippen LogP contribution in [0.3, 0.4) is 0 Å². The van der Waals surface area contributed by atoms with Gasteiger partial charge in [-0.15, -0.1) is 0 Å². The number of carbonyl (C=O) groups excluding carboxylic acids is 1. The first-order valence-electron chi connectivity index (χ1n) is 3.71. The Labute approximate surface area is 71.1 Å². The van der Waals surface area contributed by atoms with E-state index in [9.17, 15) is 8.90 Å². The molecule has 0 spiro atoms. The fourth-order valence-corrected chi connectivity index (χ4v) is 4.06. The number of rotatable bonds is 2. The summed E-state index contributed by atoms with van der Waals surface area (Å²) in [5.41, 5.74) is 0. The standard InChI is InChI=1S/C6H13FNO3Si/c1-8(2)5-12(3,7)10-4-6(9)11-12/h4-5H2,1-3H3/q-1. The molecule has 0 bridgehead atoms. The van der Waals surface area contributed by atoms with Crippen molar-refractivity contribution >= 4 is 14.1 Å². The Kier molecular flexibility index (Phi) is 2.01. The van der Waals surface area contributed by atoms with Crippen molar-refractivity contribution in [1.82, 2.24) is 4.90 Å². The Morgan fingerprint density at radius 2 is 2.25 bits per heavy atom. The van der Waals surface area contributed by atoms with Crippen molar-refractivity contribution in [2.45, 2.75) is 6.55 Å². The molecule has 0 N–H and O–H groups in total. The summed E-state index contributed by atoms with van der Waals surface area (Å²) in [6, 6.07) is 0. The number of halogens is 1. The van der Waals surface area contributed by atoms with Crippen molar-refractivity contribution in [3.8, 4) is 0 Å². The van der Waals surface area contributed by atoms with Crippen molar-refractivity contribution in [3.05, 3.63) is 0 Å². The topological polar surface area (TPSA) is 38.8 Å². The van der Waals surface area contributed by atoms with Crippen molar-refractivity contribution in [2.75, 3.05) is 26.9 Å². The first kappa shape index (κ1) is 9.62. The van der Waals surface area contributed by atoms with Crippen LogP contribution in [-0.4, -0.2) is 45.9 Å². The van der Waals surface area contributed by atoms with E-state index in [4.69, 9.17) is 4.43 Å². The van der Waals surface area contributed by atoms with Gasteiger partial charge in [-0.05, 0) is 0 Å². The average molecular weight is 194 g/mol. The Morgan fingerprint density at radius 3 is 2.58 bits per heavy atom. The molecule has 1 heterocycles. The number of nitrogens with zero attached hydrogens (tertiary/aromatic N) is 1. The second-order valence-corrected chi connectivity index (χ2v) is 7.64. The van der Waals surface area contributed by atoms with Crippen LogP contribution in [0.5, 0.6) is 0 Å². The summed E-state index contributed by atoms with van der Waals surface area (Å²) in [5.74, 6) is -0.602. The average Bonchev–Trinajstić information content (AvgIpc) is 2.04. The zero-order valence-corrected chi connectivity index (χ0v) is 8.46. The molecule has 0 aromatic carbocycles. The molecule has 0 radical (unpaired) electrons. The van der Waals surface area contributed by atoms with E-state index in [1.54, 1.807) is 19.0 Å². The molecule has 0 unspecified atom stereocenters. The molecule has 6 heteroatoms. The van der Waals surface area contributed by atoms with E-state index >= 15 is 0 Å². The molecule has 1 saturated heterocycles. The van der Waals surface area contributed by atoms with Crippen LogP contribution < -0.4 is 0 Å². The van der Waals surface area contributed by atoms with Gasteiger partial charge in [0.1, 0.15) is 0 Å². The molecule has 0 saturated carbocycles.